The van der Waals surface area contributed by atoms with Crippen LogP contribution in [0.5, 0.6) is 0 Å². The van der Waals surface area contributed by atoms with Crippen LogP contribution in [0.15, 0.2) is 54.0 Å². The van der Waals surface area contributed by atoms with E-state index in [4.69, 9.17) is 14.0 Å². The lowest BCUT2D eigenvalue weighted by atomic mass is 9.77. The molecule has 0 unspecified atom stereocenters. The zero-order chi connectivity index (χ0) is 21.8. The Morgan fingerprint density at radius 3 is 2.40 bits per heavy atom. The monoisotopic (exact) mass is 412 g/mol. The first kappa shape index (κ1) is 22.0. The Kier molecular flexibility index (Phi) is 6.58. The third-order valence-corrected chi connectivity index (χ3v) is 5.28. The number of carbonyl (C=O) groups is 1. The summed E-state index contributed by atoms with van der Waals surface area (Å²) in [4.78, 5) is 16.0. The second-order valence-corrected chi connectivity index (χ2v) is 8.11. The Bertz CT molecular complexity index is 902. The lowest BCUT2D eigenvalue weighted by Gasteiger charge is -2.32. The van der Waals surface area contributed by atoms with Gasteiger partial charge in [-0.2, -0.15) is 4.39 Å². The van der Waals surface area contributed by atoms with E-state index >= 15 is 0 Å². The van der Waals surface area contributed by atoms with Crippen molar-refractivity contribution >= 4 is 19.3 Å². The molecule has 30 heavy (non-hydrogen) atoms. The van der Waals surface area contributed by atoms with Gasteiger partial charge in [0.15, 0.2) is 0 Å². The van der Waals surface area contributed by atoms with E-state index in [0.717, 1.165) is 5.56 Å². The Balaban J connectivity index is 1.71. The number of carbonyl (C=O) groups excluding carboxylic acids is 1. The number of halogens is 1. The standard InChI is InChI=1S/C22H26BFN2O4/c1-21(2)22(3,4)30-23(29-21)17(13-18-11-8-12-19(24)26-18)14-25-20(27)28-15-16-9-6-5-7-10-16/h5-13H,14-15H2,1-4H3,(H,25,27). The quantitative estimate of drug-likeness (QED) is 0.570. The van der Waals surface area contributed by atoms with Gasteiger partial charge in [0.05, 0.1) is 16.9 Å². The highest BCUT2D eigenvalue weighted by Gasteiger charge is 2.52. The van der Waals surface area contributed by atoms with Gasteiger partial charge < -0.3 is 19.4 Å². The van der Waals surface area contributed by atoms with Gasteiger partial charge in [-0.05, 0) is 56.9 Å². The molecule has 0 spiro atoms. The average Bonchev–Trinajstić information content (AvgIpc) is 2.91. The summed E-state index contributed by atoms with van der Waals surface area (Å²) in [6.07, 6.45) is 1.08. The molecule has 0 radical (unpaired) electrons. The van der Waals surface area contributed by atoms with Crippen LogP contribution in [-0.4, -0.2) is 35.9 Å². The molecule has 1 aromatic heterocycles. The Hall–Kier alpha value is -2.71. The summed E-state index contributed by atoms with van der Waals surface area (Å²) in [5, 5.41) is 2.71. The first-order valence-corrected chi connectivity index (χ1v) is 9.79. The lowest BCUT2D eigenvalue weighted by molar-refractivity contribution is 0.00578. The van der Waals surface area contributed by atoms with Gasteiger partial charge >= 0.3 is 13.2 Å². The first-order valence-electron chi connectivity index (χ1n) is 9.79. The first-order chi connectivity index (χ1) is 14.2. The summed E-state index contributed by atoms with van der Waals surface area (Å²) in [7, 11) is -0.713. The fraction of sp³-hybridized carbons (Fsp3) is 0.364. The summed E-state index contributed by atoms with van der Waals surface area (Å²) in [5.74, 6) is -0.591. The highest BCUT2D eigenvalue weighted by molar-refractivity contribution is 6.56. The van der Waals surface area contributed by atoms with Crippen molar-refractivity contribution in [1.29, 1.82) is 0 Å². The summed E-state index contributed by atoms with van der Waals surface area (Å²) < 4.78 is 31.0. The van der Waals surface area contributed by atoms with Crippen molar-refractivity contribution in [3.05, 3.63) is 71.2 Å². The number of pyridine rings is 1. The average molecular weight is 412 g/mol. The molecule has 6 nitrogen and oxygen atoms in total. The third-order valence-electron chi connectivity index (χ3n) is 5.28. The number of alkyl carbamates (subject to hydrolysis) is 1. The van der Waals surface area contributed by atoms with E-state index in [0.29, 0.717) is 11.2 Å². The fourth-order valence-electron chi connectivity index (χ4n) is 2.84. The van der Waals surface area contributed by atoms with Crippen LogP contribution < -0.4 is 5.32 Å². The second-order valence-electron chi connectivity index (χ2n) is 8.11. The van der Waals surface area contributed by atoms with Crippen molar-refractivity contribution in [2.45, 2.75) is 45.5 Å². The minimum atomic E-state index is -0.713. The number of ether oxygens (including phenoxy) is 1. The fourth-order valence-corrected chi connectivity index (χ4v) is 2.84. The van der Waals surface area contributed by atoms with Crippen LogP contribution in [-0.2, 0) is 20.7 Å². The van der Waals surface area contributed by atoms with Crippen molar-refractivity contribution in [3.63, 3.8) is 0 Å². The van der Waals surface area contributed by atoms with Gasteiger partial charge in [-0.15, -0.1) is 0 Å². The molecule has 1 saturated heterocycles. The van der Waals surface area contributed by atoms with E-state index in [1.54, 1.807) is 18.2 Å². The predicted molar refractivity (Wildman–Crippen MR) is 113 cm³/mol. The van der Waals surface area contributed by atoms with E-state index in [2.05, 4.69) is 10.3 Å². The Labute approximate surface area is 176 Å². The maximum absolute atomic E-state index is 13.5. The van der Waals surface area contributed by atoms with E-state index < -0.39 is 30.4 Å². The molecule has 1 amide bonds. The number of nitrogens with one attached hydrogen (secondary N) is 1. The van der Waals surface area contributed by atoms with Gasteiger partial charge in [0, 0.05) is 6.54 Å². The summed E-state index contributed by atoms with van der Waals surface area (Å²) in [5.41, 5.74) is 0.779. The molecule has 1 fully saturated rings. The molecule has 1 N–H and O–H groups in total. The number of hydrogen-bond acceptors (Lipinski definition) is 5. The lowest BCUT2D eigenvalue weighted by Crippen LogP contribution is -2.41. The predicted octanol–water partition coefficient (Wildman–Crippen LogP) is 4.16. The summed E-state index contributed by atoms with van der Waals surface area (Å²) in [6, 6.07) is 13.9. The Morgan fingerprint density at radius 2 is 1.77 bits per heavy atom. The third kappa shape index (κ3) is 5.46. The molecule has 0 bridgehead atoms. The number of hydrogen-bond donors (Lipinski definition) is 1. The molecular formula is C22H26BFN2O4. The second kappa shape index (κ2) is 8.98. The zero-order valence-corrected chi connectivity index (χ0v) is 17.6. The molecule has 0 aliphatic carbocycles. The van der Waals surface area contributed by atoms with E-state index in [1.807, 2.05) is 58.0 Å². The minimum Gasteiger partial charge on any atom is -0.445 e. The van der Waals surface area contributed by atoms with Crippen LogP contribution in [0.25, 0.3) is 6.08 Å². The maximum Gasteiger partial charge on any atom is 0.492 e. The maximum atomic E-state index is 13.5. The molecular weight excluding hydrogens is 386 g/mol. The van der Waals surface area contributed by atoms with Gasteiger partial charge in [-0.25, -0.2) is 9.78 Å². The van der Waals surface area contributed by atoms with Crippen LogP contribution in [0, 0.1) is 5.95 Å². The van der Waals surface area contributed by atoms with Gasteiger partial charge in [-0.3, -0.25) is 0 Å². The van der Waals surface area contributed by atoms with Crippen molar-refractivity contribution in [2.24, 2.45) is 0 Å². The van der Waals surface area contributed by atoms with Gasteiger partial charge in [-0.1, -0.05) is 36.4 Å². The summed E-state index contributed by atoms with van der Waals surface area (Å²) in [6.45, 7) is 8.01. The van der Waals surface area contributed by atoms with Crippen molar-refractivity contribution in [1.82, 2.24) is 10.3 Å². The minimum absolute atomic E-state index is 0.0998. The Morgan fingerprint density at radius 1 is 1.10 bits per heavy atom. The van der Waals surface area contributed by atoms with Crippen LogP contribution in [0.4, 0.5) is 9.18 Å². The highest BCUT2D eigenvalue weighted by atomic mass is 19.1. The van der Waals surface area contributed by atoms with Crippen LogP contribution in [0.3, 0.4) is 0 Å². The summed E-state index contributed by atoms with van der Waals surface area (Å²) >= 11 is 0. The smallest absolute Gasteiger partial charge is 0.445 e. The largest absolute Gasteiger partial charge is 0.492 e. The van der Waals surface area contributed by atoms with Crippen molar-refractivity contribution in [3.8, 4) is 0 Å². The number of nitrogens with zero attached hydrogens (tertiary/aromatic N) is 1. The number of aromatic nitrogens is 1. The van der Waals surface area contributed by atoms with Gasteiger partial charge in [0.2, 0.25) is 5.95 Å². The van der Waals surface area contributed by atoms with E-state index in [-0.39, 0.29) is 13.2 Å². The van der Waals surface area contributed by atoms with Crippen LogP contribution in [0.1, 0.15) is 39.0 Å². The molecule has 0 saturated carbocycles. The normalized spacial score (nSPS) is 17.6. The SMILES string of the molecule is CC1(C)OB(C(=Cc2cccc(F)n2)CNC(=O)OCc2ccccc2)OC1(C)C. The van der Waals surface area contributed by atoms with Crippen molar-refractivity contribution in [2.75, 3.05) is 6.54 Å². The molecule has 1 aromatic carbocycles. The number of benzene rings is 1. The van der Waals surface area contributed by atoms with Crippen molar-refractivity contribution < 1.29 is 23.2 Å². The molecule has 8 heteroatoms. The van der Waals surface area contributed by atoms with E-state index in [1.165, 1.54) is 6.07 Å². The van der Waals surface area contributed by atoms with Crippen LogP contribution in [0.2, 0.25) is 0 Å². The topological polar surface area (TPSA) is 69.7 Å². The molecule has 158 valence electrons. The van der Waals surface area contributed by atoms with Crippen LogP contribution >= 0.6 is 0 Å². The molecule has 1 aliphatic rings. The molecule has 3 rings (SSSR count). The van der Waals surface area contributed by atoms with E-state index in [9.17, 15) is 9.18 Å². The zero-order valence-electron chi connectivity index (χ0n) is 17.6. The van der Waals surface area contributed by atoms with Gasteiger partial charge in [0.25, 0.3) is 0 Å². The molecule has 1 aliphatic heterocycles. The highest BCUT2D eigenvalue weighted by Crippen LogP contribution is 2.38. The molecule has 2 heterocycles. The number of rotatable bonds is 6. The number of amides is 1. The molecule has 2 aromatic rings. The molecule has 0 atom stereocenters. The van der Waals surface area contributed by atoms with Gasteiger partial charge in [0.1, 0.15) is 6.61 Å².